The Morgan fingerprint density at radius 2 is 0.787 bits per heavy atom. The van der Waals surface area contributed by atoms with Gasteiger partial charge in [-0.15, -0.1) is 0 Å². The Hall–Kier alpha value is -3.10. The van der Waals surface area contributed by atoms with Crippen molar-refractivity contribution in [2.75, 3.05) is 19.0 Å². The van der Waals surface area contributed by atoms with E-state index in [0.29, 0.717) is 13.0 Å². The molecule has 0 radical (unpaired) electrons. The summed E-state index contributed by atoms with van der Waals surface area (Å²) < 4.78 is 91.9. The highest BCUT2D eigenvalue weighted by Gasteiger charge is 2.51. The minimum atomic E-state index is -3.92. The van der Waals surface area contributed by atoms with Gasteiger partial charge in [-0.25, -0.2) is 13.1 Å². The van der Waals surface area contributed by atoms with Crippen molar-refractivity contribution in [2.45, 2.75) is 340 Å². The van der Waals surface area contributed by atoms with Gasteiger partial charge < -0.3 is 37.3 Å². The molecule has 1 fully saturated rings. The van der Waals surface area contributed by atoms with E-state index in [0.717, 1.165) is 67.2 Å². The molecular formula is C80H133NO10SSi2. The van der Waals surface area contributed by atoms with Crippen LogP contribution in [0.25, 0.3) is 0 Å². The van der Waals surface area contributed by atoms with Gasteiger partial charge in [0.1, 0.15) is 24.4 Å². The van der Waals surface area contributed by atoms with Crippen molar-refractivity contribution < 1.29 is 45.7 Å². The van der Waals surface area contributed by atoms with Gasteiger partial charge in [-0.1, -0.05) is 337 Å². The Kier molecular flexibility index (Phi) is 38.9. The van der Waals surface area contributed by atoms with Crippen molar-refractivity contribution in [1.29, 1.82) is 0 Å². The third-order valence-electron chi connectivity index (χ3n) is 20.0. The van der Waals surface area contributed by atoms with Crippen molar-refractivity contribution in [3.8, 4) is 0 Å². The Bertz CT molecular complexity index is 2620. The van der Waals surface area contributed by atoms with Crippen LogP contribution in [0, 0.1) is 0 Å². The molecule has 5 rings (SSSR count). The SMILES string of the molecule is CCCCCCCCCCCCCCCCS(=O)(=O)N[C@@H](CO[C@@H]1OC(COCc2ccccc2)[C@H](OCc2ccccc2)[C@H](OCc2ccccc2)C1OCc1ccccc1)[C@@H](O[Si](C)(C)C(C)(C)C)[C@@H](CCCCCCCCCCCCCC)O[Si](C)(C)C(C)(C)C. The Balaban J connectivity index is 1.55. The summed E-state index contributed by atoms with van der Waals surface area (Å²) in [6.45, 7) is 28.5. The summed E-state index contributed by atoms with van der Waals surface area (Å²) in [4.78, 5) is 0. The normalized spacial score (nSPS) is 18.5. The van der Waals surface area contributed by atoms with Crippen molar-refractivity contribution in [3.05, 3.63) is 144 Å². The minimum Gasteiger partial charge on any atom is -0.411 e. The summed E-state index contributed by atoms with van der Waals surface area (Å²) in [7, 11) is -9.13. The highest BCUT2D eigenvalue weighted by molar-refractivity contribution is 7.89. The molecule has 4 aromatic carbocycles. The quantitative estimate of drug-likeness (QED) is 0.0338. The smallest absolute Gasteiger partial charge is 0.212 e. The second kappa shape index (κ2) is 44.8. The first-order valence-corrected chi connectivity index (χ1v) is 44.8. The van der Waals surface area contributed by atoms with Crippen LogP contribution < -0.4 is 4.72 Å². The molecule has 4 aromatic rings. The molecule has 8 atom stereocenters. The molecule has 0 aromatic heterocycles. The summed E-state index contributed by atoms with van der Waals surface area (Å²) in [5, 5.41) is -0.345. The predicted molar refractivity (Wildman–Crippen MR) is 397 cm³/mol. The molecular weight excluding hydrogens is 1220 g/mol. The minimum absolute atomic E-state index is 0.000240. The molecule has 14 heteroatoms. The second-order valence-electron chi connectivity index (χ2n) is 30.2. The topological polar surface area (TPSA) is 120 Å². The van der Waals surface area contributed by atoms with E-state index < -0.39 is 75.6 Å². The lowest BCUT2D eigenvalue weighted by atomic mass is 9.97. The van der Waals surface area contributed by atoms with Gasteiger partial charge in [-0.05, 0) is 71.4 Å². The monoisotopic (exact) mass is 1360 g/mol. The Morgan fingerprint density at radius 1 is 0.436 bits per heavy atom. The van der Waals surface area contributed by atoms with Gasteiger partial charge in [0.2, 0.25) is 10.0 Å². The fraction of sp³-hybridized carbons (Fsp3) is 0.700. The Morgan fingerprint density at radius 3 is 1.19 bits per heavy atom. The number of rotatable bonds is 52. The summed E-state index contributed by atoms with van der Waals surface area (Å²) in [5.74, 6) is 0.000240. The number of hydrogen-bond donors (Lipinski definition) is 1. The first-order chi connectivity index (χ1) is 45.1. The third kappa shape index (κ3) is 31.8. The van der Waals surface area contributed by atoms with E-state index in [-0.39, 0.29) is 48.9 Å². The van der Waals surface area contributed by atoms with E-state index in [1.54, 1.807) is 0 Å². The lowest BCUT2D eigenvalue weighted by Gasteiger charge is -2.48. The molecule has 0 amide bonds. The van der Waals surface area contributed by atoms with Crippen molar-refractivity contribution >= 4 is 26.7 Å². The van der Waals surface area contributed by atoms with Crippen LogP contribution in [-0.2, 0) is 73.7 Å². The van der Waals surface area contributed by atoms with Crippen molar-refractivity contribution in [1.82, 2.24) is 4.72 Å². The molecule has 0 saturated carbocycles. The largest absolute Gasteiger partial charge is 0.411 e. The van der Waals surface area contributed by atoms with E-state index in [4.69, 9.17) is 37.3 Å². The maximum absolute atomic E-state index is 15.2. The first kappa shape index (κ1) is 81.6. The molecule has 1 heterocycles. The van der Waals surface area contributed by atoms with Gasteiger partial charge in [-0.3, -0.25) is 0 Å². The zero-order valence-corrected chi connectivity index (χ0v) is 64.0. The van der Waals surface area contributed by atoms with Gasteiger partial charge in [-0.2, -0.15) is 0 Å². The van der Waals surface area contributed by atoms with Crippen molar-refractivity contribution in [2.24, 2.45) is 0 Å². The van der Waals surface area contributed by atoms with Crippen LogP contribution in [-0.4, -0.2) is 93.0 Å². The van der Waals surface area contributed by atoms with Crippen LogP contribution >= 0.6 is 0 Å². The highest BCUT2D eigenvalue weighted by Crippen LogP contribution is 2.42. The summed E-state index contributed by atoms with van der Waals surface area (Å²) in [6, 6.07) is 39.7. The predicted octanol–water partition coefficient (Wildman–Crippen LogP) is 21.3. The molecule has 11 nitrogen and oxygen atoms in total. The van der Waals surface area contributed by atoms with Crippen LogP contribution in [0.5, 0.6) is 0 Å². The molecule has 1 aliphatic heterocycles. The number of ether oxygens (including phenoxy) is 6. The summed E-state index contributed by atoms with van der Waals surface area (Å²) >= 11 is 0. The van der Waals surface area contributed by atoms with Crippen LogP contribution in [0.4, 0.5) is 0 Å². The molecule has 1 saturated heterocycles. The number of unbranched alkanes of at least 4 members (excludes halogenated alkanes) is 24. The number of hydrogen-bond acceptors (Lipinski definition) is 10. The lowest BCUT2D eigenvalue weighted by molar-refractivity contribution is -0.329. The zero-order chi connectivity index (χ0) is 68.0. The Labute approximate surface area is 576 Å². The zero-order valence-electron chi connectivity index (χ0n) is 61.2. The lowest BCUT2D eigenvalue weighted by Crippen LogP contribution is -2.63. The van der Waals surface area contributed by atoms with Crippen molar-refractivity contribution in [3.63, 3.8) is 0 Å². The van der Waals surface area contributed by atoms with Gasteiger partial charge in [0.05, 0.1) is 63.6 Å². The fourth-order valence-corrected chi connectivity index (χ4v) is 16.1. The van der Waals surface area contributed by atoms with E-state index in [1.165, 1.54) is 122 Å². The maximum Gasteiger partial charge on any atom is 0.212 e. The number of benzene rings is 4. The maximum atomic E-state index is 15.2. The molecule has 2 unspecified atom stereocenters. The summed E-state index contributed by atoms with van der Waals surface area (Å²) in [5.41, 5.74) is 4.00. The molecule has 0 bridgehead atoms. The molecule has 94 heavy (non-hydrogen) atoms. The molecule has 1 N–H and O–H groups in total. The number of nitrogens with one attached hydrogen (secondary N) is 1. The molecule has 0 aliphatic carbocycles. The third-order valence-corrected chi connectivity index (χ3v) is 30.4. The molecule has 1 aliphatic rings. The summed E-state index contributed by atoms with van der Waals surface area (Å²) in [6.07, 6.45) is 27.0. The fourth-order valence-electron chi connectivity index (χ4n) is 12.0. The van der Waals surface area contributed by atoms with E-state index in [1.807, 2.05) is 84.9 Å². The van der Waals surface area contributed by atoms with Gasteiger partial charge in [0.15, 0.2) is 22.9 Å². The van der Waals surface area contributed by atoms with E-state index in [2.05, 4.69) is 123 Å². The second-order valence-corrected chi connectivity index (χ2v) is 41.6. The van der Waals surface area contributed by atoms with Gasteiger partial charge in [0, 0.05) is 0 Å². The van der Waals surface area contributed by atoms with Crippen LogP contribution in [0.15, 0.2) is 121 Å². The molecule has 532 valence electrons. The molecule has 0 spiro atoms. The first-order valence-electron chi connectivity index (χ1n) is 37.3. The van der Waals surface area contributed by atoms with E-state index in [9.17, 15) is 0 Å². The van der Waals surface area contributed by atoms with Crippen LogP contribution in [0.1, 0.15) is 251 Å². The highest BCUT2D eigenvalue weighted by atomic mass is 32.2. The number of sulfonamides is 1. The van der Waals surface area contributed by atoms with E-state index >= 15 is 8.42 Å². The standard InChI is InChI=1S/C80H133NO10SSi2/c1-13-15-17-19-21-23-25-27-28-30-32-34-36-50-60-92(82,83)81-71(74(91-94(11,12)80(6,7)8)72(90-93(9,10)79(3,4)5)59-49-35-33-31-29-26-24-22-20-18-16-14-2)65-88-78-77(87-64-70-57-47-40-48-58-70)76(86-63-69-55-45-39-46-56-69)75(85-62-68-53-43-38-44-54-68)73(89-78)66-84-61-67-51-41-37-42-52-67/h37-48,51-58,71-78,81H,13-36,49-50,59-66H2,1-12H3/t71-,72+,73?,74+,75-,76-,77?,78+/m0/s1. The average Bonchev–Trinajstić information content (AvgIpc) is 0.802. The van der Waals surface area contributed by atoms with Gasteiger partial charge >= 0.3 is 0 Å². The van der Waals surface area contributed by atoms with Crippen LogP contribution in [0.3, 0.4) is 0 Å². The van der Waals surface area contributed by atoms with Gasteiger partial charge in [0.25, 0.3) is 0 Å². The van der Waals surface area contributed by atoms with Crippen LogP contribution in [0.2, 0.25) is 36.3 Å². The average molecular weight is 1360 g/mol.